The van der Waals surface area contributed by atoms with Crippen molar-refractivity contribution in [2.24, 2.45) is 0 Å². The number of hydrogen-bond acceptors (Lipinski definition) is 2. The maximum Gasteiger partial charge on any atom is 0.101 e. The van der Waals surface area contributed by atoms with Crippen LogP contribution >= 0.6 is 0 Å². The van der Waals surface area contributed by atoms with Gasteiger partial charge in [0, 0.05) is 22.5 Å². The van der Waals surface area contributed by atoms with Crippen LogP contribution in [0.1, 0.15) is 11.1 Å². The molecule has 0 fully saturated rings. The van der Waals surface area contributed by atoms with Crippen LogP contribution in [-0.4, -0.2) is 4.57 Å². The lowest BCUT2D eigenvalue weighted by Crippen LogP contribution is -1.93. The van der Waals surface area contributed by atoms with Crippen LogP contribution in [0.5, 0.6) is 0 Å². The summed E-state index contributed by atoms with van der Waals surface area (Å²) >= 11 is 0. The van der Waals surface area contributed by atoms with Crippen molar-refractivity contribution in [2.45, 2.75) is 6.92 Å². The molecule has 1 aromatic heterocycles. The molecule has 1 heterocycles. The molecule has 0 saturated heterocycles. The molecule has 0 bridgehead atoms. The van der Waals surface area contributed by atoms with Crippen molar-refractivity contribution in [3.05, 3.63) is 83.9 Å². The fraction of sp³-hybridized carbons (Fsp3) is 0.0435. The Balaban J connectivity index is 2.07. The summed E-state index contributed by atoms with van der Waals surface area (Å²) in [6.45, 7) is 2.08. The van der Waals surface area contributed by atoms with Gasteiger partial charge >= 0.3 is 0 Å². The average Bonchev–Trinajstić information content (AvgIpc) is 3.00. The van der Waals surface area contributed by atoms with Crippen LogP contribution in [0, 0.1) is 29.6 Å². The lowest BCUT2D eigenvalue weighted by atomic mass is 10.0. The largest absolute Gasteiger partial charge is 0.309 e. The maximum atomic E-state index is 9.33. The first kappa shape index (κ1) is 15.7. The summed E-state index contributed by atoms with van der Waals surface area (Å²) in [6.07, 6.45) is 1.29. The molecule has 0 spiro atoms. The van der Waals surface area contributed by atoms with Gasteiger partial charge in [0.05, 0.1) is 22.7 Å². The molecule has 0 N–H and O–H groups in total. The van der Waals surface area contributed by atoms with Crippen molar-refractivity contribution in [1.82, 2.24) is 4.57 Å². The van der Waals surface area contributed by atoms with Crippen LogP contribution in [0.4, 0.5) is 0 Å². The Morgan fingerprint density at radius 2 is 1.62 bits per heavy atom. The summed E-state index contributed by atoms with van der Waals surface area (Å²) in [4.78, 5) is 0. The highest BCUT2D eigenvalue weighted by Gasteiger charge is 2.13. The van der Waals surface area contributed by atoms with E-state index in [1.807, 2.05) is 36.4 Å². The Hall–Kier alpha value is -3.82. The van der Waals surface area contributed by atoms with E-state index in [0.29, 0.717) is 5.57 Å². The standard InChI is InChI=1S/C23H15N3/c1-16-6-9-19(10-7-16)26-22-5-3-2-4-20(22)21-14-17(8-11-23(21)26)18(15-25)12-13-24/h2-12,14H,1H3. The average molecular weight is 333 g/mol. The van der Waals surface area contributed by atoms with E-state index in [1.165, 1.54) is 11.6 Å². The molecule has 0 saturated carbocycles. The van der Waals surface area contributed by atoms with Crippen molar-refractivity contribution in [3.8, 4) is 17.8 Å². The Morgan fingerprint density at radius 1 is 0.885 bits per heavy atom. The van der Waals surface area contributed by atoms with Crippen LogP contribution in [-0.2, 0) is 0 Å². The molecule has 0 aliphatic heterocycles. The number of nitrogens with zero attached hydrogens (tertiary/aromatic N) is 3. The van der Waals surface area contributed by atoms with Gasteiger partial charge in [-0.1, -0.05) is 42.0 Å². The first-order valence-electron chi connectivity index (χ1n) is 8.33. The van der Waals surface area contributed by atoms with Crippen LogP contribution in [0.25, 0.3) is 33.1 Å². The van der Waals surface area contributed by atoms with E-state index < -0.39 is 0 Å². The quantitative estimate of drug-likeness (QED) is 0.453. The zero-order valence-corrected chi connectivity index (χ0v) is 14.3. The van der Waals surface area contributed by atoms with E-state index in [2.05, 4.69) is 54.0 Å². The summed E-state index contributed by atoms with van der Waals surface area (Å²) < 4.78 is 2.23. The molecule has 4 aromatic rings. The normalized spacial score (nSPS) is 11.4. The third-order valence-corrected chi connectivity index (χ3v) is 4.61. The number of benzene rings is 3. The summed E-state index contributed by atoms with van der Waals surface area (Å²) in [6, 6.07) is 26.7. The molecule has 0 aliphatic rings. The molecular weight excluding hydrogens is 318 g/mol. The number of aryl methyl sites for hydroxylation is 1. The van der Waals surface area contributed by atoms with Crippen LogP contribution in [0.2, 0.25) is 0 Å². The van der Waals surface area contributed by atoms with Gasteiger partial charge in [0.25, 0.3) is 0 Å². The zero-order valence-electron chi connectivity index (χ0n) is 14.3. The SMILES string of the molecule is Cc1ccc(-n2c3ccccc3c3cc(C(C#N)=CC#N)ccc32)cc1. The van der Waals surface area contributed by atoms with E-state index in [1.54, 1.807) is 0 Å². The van der Waals surface area contributed by atoms with E-state index in [-0.39, 0.29) is 0 Å². The molecule has 0 radical (unpaired) electrons. The minimum atomic E-state index is 0.376. The van der Waals surface area contributed by atoms with Crippen molar-refractivity contribution in [2.75, 3.05) is 0 Å². The molecule has 26 heavy (non-hydrogen) atoms. The highest BCUT2D eigenvalue weighted by Crippen LogP contribution is 2.33. The second-order valence-electron chi connectivity index (χ2n) is 6.22. The summed E-state index contributed by atoms with van der Waals surface area (Å²) in [7, 11) is 0. The highest BCUT2D eigenvalue weighted by molar-refractivity contribution is 6.10. The molecule has 0 amide bonds. The second-order valence-corrected chi connectivity index (χ2v) is 6.22. The monoisotopic (exact) mass is 333 g/mol. The van der Waals surface area contributed by atoms with Crippen molar-refractivity contribution in [1.29, 1.82) is 10.5 Å². The molecule has 4 rings (SSSR count). The number of fused-ring (bicyclic) bond motifs is 3. The van der Waals surface area contributed by atoms with Gasteiger partial charge in [0.15, 0.2) is 0 Å². The van der Waals surface area contributed by atoms with Crippen molar-refractivity contribution in [3.63, 3.8) is 0 Å². The number of para-hydroxylation sites is 1. The van der Waals surface area contributed by atoms with E-state index in [9.17, 15) is 5.26 Å². The minimum absolute atomic E-state index is 0.376. The minimum Gasteiger partial charge on any atom is -0.309 e. The zero-order chi connectivity index (χ0) is 18.1. The Labute approximate surface area is 151 Å². The fourth-order valence-corrected chi connectivity index (χ4v) is 3.36. The van der Waals surface area contributed by atoms with Gasteiger partial charge in [-0.15, -0.1) is 0 Å². The summed E-state index contributed by atoms with van der Waals surface area (Å²) in [5.41, 5.74) is 5.65. The molecular formula is C23H15N3. The fourth-order valence-electron chi connectivity index (χ4n) is 3.36. The van der Waals surface area contributed by atoms with Gasteiger partial charge in [-0.05, 0) is 42.8 Å². The Morgan fingerprint density at radius 3 is 2.35 bits per heavy atom. The first-order chi connectivity index (χ1) is 12.7. The lowest BCUT2D eigenvalue weighted by molar-refractivity contribution is 1.17. The number of aromatic nitrogens is 1. The van der Waals surface area contributed by atoms with Crippen LogP contribution in [0.3, 0.4) is 0 Å². The molecule has 3 heteroatoms. The van der Waals surface area contributed by atoms with Crippen molar-refractivity contribution >= 4 is 27.4 Å². The van der Waals surface area contributed by atoms with Gasteiger partial charge in [0.1, 0.15) is 6.07 Å². The predicted molar refractivity (Wildman–Crippen MR) is 105 cm³/mol. The summed E-state index contributed by atoms with van der Waals surface area (Å²) in [5.74, 6) is 0. The van der Waals surface area contributed by atoms with Crippen LogP contribution in [0.15, 0.2) is 72.8 Å². The van der Waals surface area contributed by atoms with Gasteiger partial charge in [0.2, 0.25) is 0 Å². The number of hydrogen-bond donors (Lipinski definition) is 0. The molecule has 0 unspecified atom stereocenters. The third kappa shape index (κ3) is 2.44. The maximum absolute atomic E-state index is 9.33. The number of nitriles is 2. The van der Waals surface area contributed by atoms with Gasteiger partial charge in [-0.25, -0.2) is 0 Å². The number of allylic oxidation sites excluding steroid dienone is 2. The molecule has 3 nitrogen and oxygen atoms in total. The van der Waals surface area contributed by atoms with E-state index in [4.69, 9.17) is 5.26 Å². The third-order valence-electron chi connectivity index (χ3n) is 4.61. The number of rotatable bonds is 2. The topological polar surface area (TPSA) is 52.5 Å². The smallest absolute Gasteiger partial charge is 0.101 e. The van der Waals surface area contributed by atoms with E-state index in [0.717, 1.165) is 33.1 Å². The van der Waals surface area contributed by atoms with Gasteiger partial charge in [-0.3, -0.25) is 0 Å². The van der Waals surface area contributed by atoms with E-state index >= 15 is 0 Å². The lowest BCUT2D eigenvalue weighted by Gasteiger charge is -2.08. The van der Waals surface area contributed by atoms with Crippen molar-refractivity contribution < 1.29 is 0 Å². The Kier molecular flexibility index (Phi) is 3.77. The molecule has 3 aromatic carbocycles. The highest BCUT2D eigenvalue weighted by atomic mass is 15.0. The molecule has 0 aliphatic carbocycles. The van der Waals surface area contributed by atoms with Gasteiger partial charge in [-0.2, -0.15) is 10.5 Å². The second kappa shape index (κ2) is 6.24. The first-order valence-corrected chi connectivity index (χ1v) is 8.33. The van der Waals surface area contributed by atoms with Crippen LogP contribution < -0.4 is 0 Å². The van der Waals surface area contributed by atoms with Gasteiger partial charge < -0.3 is 4.57 Å². The summed E-state index contributed by atoms with van der Waals surface area (Å²) in [5, 5.41) is 20.4. The molecule has 0 atom stereocenters. The molecule has 122 valence electrons. The predicted octanol–water partition coefficient (Wildman–Crippen LogP) is 5.52. The Bertz CT molecular complexity index is 1240.